The zero-order valence-corrected chi connectivity index (χ0v) is 12.5. The number of nitrogens with zero attached hydrogens (tertiary/aromatic N) is 1. The summed E-state index contributed by atoms with van der Waals surface area (Å²) in [6, 6.07) is 12.6. The van der Waals surface area contributed by atoms with Crippen LogP contribution < -0.4 is 5.32 Å². The molecule has 0 spiro atoms. The second-order valence-electron chi connectivity index (χ2n) is 5.74. The van der Waals surface area contributed by atoms with Crippen molar-refractivity contribution in [2.75, 3.05) is 5.32 Å². The molecular weight excluding hydrogens is 300 g/mol. The monoisotopic (exact) mass is 314 g/mol. The third-order valence-electron chi connectivity index (χ3n) is 4.19. The van der Waals surface area contributed by atoms with Gasteiger partial charge in [0.2, 0.25) is 0 Å². The number of amides is 1. The van der Waals surface area contributed by atoms with Crippen LogP contribution in [0.4, 0.5) is 5.69 Å². The molecule has 4 nitrogen and oxygen atoms in total. The molecule has 1 heterocycles. The van der Waals surface area contributed by atoms with Gasteiger partial charge in [-0.15, -0.1) is 0 Å². The summed E-state index contributed by atoms with van der Waals surface area (Å²) < 4.78 is 0. The standard InChI is InChI=1S/C17H15ClN2O2/c18-10-5-8-15(21)13(9-10)16-19-14-4-2-1-3-12(14)17(22)20(16)11-6-7-11/h1-5,8-9,11,16,19,21H,6-7H2/t16-/m1/s1. The van der Waals surface area contributed by atoms with Crippen LogP contribution in [0.25, 0.3) is 0 Å². The molecule has 2 aromatic rings. The molecule has 5 heteroatoms. The van der Waals surface area contributed by atoms with E-state index in [1.54, 1.807) is 18.2 Å². The number of carbonyl (C=O) groups excluding carboxylic acids is 1. The van der Waals surface area contributed by atoms with Gasteiger partial charge in [-0.05, 0) is 43.2 Å². The van der Waals surface area contributed by atoms with E-state index in [4.69, 9.17) is 11.6 Å². The number of hydrogen-bond acceptors (Lipinski definition) is 3. The highest BCUT2D eigenvalue weighted by atomic mass is 35.5. The molecule has 0 bridgehead atoms. The predicted octanol–water partition coefficient (Wildman–Crippen LogP) is 3.77. The van der Waals surface area contributed by atoms with Gasteiger partial charge >= 0.3 is 0 Å². The number of aromatic hydroxyl groups is 1. The quantitative estimate of drug-likeness (QED) is 0.887. The van der Waals surface area contributed by atoms with E-state index in [2.05, 4.69) is 5.32 Å². The molecule has 2 aliphatic rings. The van der Waals surface area contributed by atoms with Crippen LogP contribution in [0, 0.1) is 0 Å². The summed E-state index contributed by atoms with van der Waals surface area (Å²) >= 11 is 6.07. The maximum Gasteiger partial charge on any atom is 0.258 e. The first-order valence-electron chi connectivity index (χ1n) is 7.32. The van der Waals surface area contributed by atoms with Crippen LogP contribution in [0.15, 0.2) is 42.5 Å². The van der Waals surface area contributed by atoms with E-state index < -0.39 is 6.17 Å². The fraction of sp³-hybridized carbons (Fsp3) is 0.235. The predicted molar refractivity (Wildman–Crippen MR) is 85.1 cm³/mol. The van der Waals surface area contributed by atoms with E-state index in [0.717, 1.165) is 18.5 Å². The van der Waals surface area contributed by atoms with Crippen molar-refractivity contribution in [3.63, 3.8) is 0 Å². The summed E-state index contributed by atoms with van der Waals surface area (Å²) in [5.41, 5.74) is 2.09. The lowest BCUT2D eigenvalue weighted by Gasteiger charge is -2.38. The minimum atomic E-state index is -0.395. The van der Waals surface area contributed by atoms with E-state index in [0.29, 0.717) is 16.1 Å². The van der Waals surface area contributed by atoms with Crippen LogP contribution in [-0.4, -0.2) is 22.0 Å². The van der Waals surface area contributed by atoms with Gasteiger partial charge in [0.05, 0.1) is 5.56 Å². The Kier molecular flexibility index (Phi) is 3.01. The molecule has 0 aromatic heterocycles. The van der Waals surface area contributed by atoms with Crippen LogP contribution in [0.5, 0.6) is 5.75 Å². The average molecular weight is 315 g/mol. The Hall–Kier alpha value is -2.20. The van der Waals surface area contributed by atoms with Crippen LogP contribution in [-0.2, 0) is 0 Å². The molecule has 4 rings (SSSR count). The van der Waals surface area contributed by atoms with Gasteiger partial charge in [0.15, 0.2) is 0 Å². The molecule has 1 saturated carbocycles. The number of phenolic OH excluding ortho intramolecular Hbond substituents is 1. The van der Waals surface area contributed by atoms with Crippen LogP contribution in [0.3, 0.4) is 0 Å². The second-order valence-corrected chi connectivity index (χ2v) is 6.18. The highest BCUT2D eigenvalue weighted by Crippen LogP contribution is 2.43. The van der Waals surface area contributed by atoms with Crippen molar-refractivity contribution in [2.45, 2.75) is 25.0 Å². The maximum atomic E-state index is 12.8. The van der Waals surface area contributed by atoms with Gasteiger partial charge in [-0.2, -0.15) is 0 Å². The van der Waals surface area contributed by atoms with E-state index in [1.165, 1.54) is 0 Å². The minimum Gasteiger partial charge on any atom is -0.508 e. The molecule has 1 amide bonds. The van der Waals surface area contributed by atoms with Crippen molar-refractivity contribution in [2.24, 2.45) is 0 Å². The van der Waals surface area contributed by atoms with Crippen molar-refractivity contribution < 1.29 is 9.90 Å². The Labute approximate surface area is 133 Å². The van der Waals surface area contributed by atoms with E-state index in [9.17, 15) is 9.90 Å². The number of benzene rings is 2. The Morgan fingerprint density at radius 2 is 1.95 bits per heavy atom. The summed E-state index contributed by atoms with van der Waals surface area (Å²) in [5.74, 6) is 0.140. The summed E-state index contributed by atoms with van der Waals surface area (Å²) in [5, 5.41) is 14.1. The molecule has 0 radical (unpaired) electrons. The second kappa shape index (κ2) is 4.92. The lowest BCUT2D eigenvalue weighted by molar-refractivity contribution is 0.0664. The van der Waals surface area contributed by atoms with Gasteiger partial charge < -0.3 is 15.3 Å². The zero-order chi connectivity index (χ0) is 15.3. The topological polar surface area (TPSA) is 52.6 Å². The largest absolute Gasteiger partial charge is 0.508 e. The van der Waals surface area contributed by atoms with Gasteiger partial charge in [0.1, 0.15) is 11.9 Å². The van der Waals surface area contributed by atoms with Crippen molar-refractivity contribution in [1.82, 2.24) is 4.90 Å². The molecule has 1 atom stereocenters. The summed E-state index contributed by atoms with van der Waals surface area (Å²) in [4.78, 5) is 14.7. The lowest BCUT2D eigenvalue weighted by Crippen LogP contribution is -2.44. The van der Waals surface area contributed by atoms with Gasteiger partial charge in [-0.25, -0.2) is 0 Å². The molecule has 0 unspecified atom stereocenters. The van der Waals surface area contributed by atoms with Crippen molar-refractivity contribution >= 4 is 23.2 Å². The Morgan fingerprint density at radius 1 is 1.18 bits per heavy atom. The van der Waals surface area contributed by atoms with Crippen LogP contribution >= 0.6 is 11.6 Å². The average Bonchev–Trinajstić information content (AvgIpc) is 3.34. The number of anilines is 1. The lowest BCUT2D eigenvalue weighted by atomic mass is 10.0. The maximum absolute atomic E-state index is 12.8. The fourth-order valence-electron chi connectivity index (χ4n) is 2.97. The molecule has 2 N–H and O–H groups in total. The summed E-state index contributed by atoms with van der Waals surface area (Å²) in [6.45, 7) is 0. The fourth-order valence-corrected chi connectivity index (χ4v) is 3.15. The SMILES string of the molecule is O=C1c2ccccc2N[C@@H](c2cc(Cl)ccc2O)N1C1CC1. The third-order valence-corrected chi connectivity index (χ3v) is 4.42. The summed E-state index contributed by atoms with van der Waals surface area (Å²) in [7, 11) is 0. The first-order valence-corrected chi connectivity index (χ1v) is 7.69. The molecule has 22 heavy (non-hydrogen) atoms. The van der Waals surface area contributed by atoms with Crippen LogP contribution in [0.2, 0.25) is 5.02 Å². The normalized spacial score (nSPS) is 20.5. The molecule has 1 aliphatic heterocycles. The van der Waals surface area contributed by atoms with E-state index in [1.807, 2.05) is 29.2 Å². The van der Waals surface area contributed by atoms with Crippen LogP contribution in [0.1, 0.15) is 34.9 Å². The number of nitrogens with one attached hydrogen (secondary N) is 1. The number of carbonyl (C=O) groups is 1. The minimum absolute atomic E-state index is 0.00113. The van der Waals surface area contributed by atoms with Gasteiger partial charge in [0, 0.05) is 22.3 Å². The summed E-state index contributed by atoms with van der Waals surface area (Å²) in [6.07, 6.45) is 1.59. The van der Waals surface area contributed by atoms with Gasteiger partial charge in [-0.3, -0.25) is 4.79 Å². The first kappa shape index (κ1) is 13.5. The molecular formula is C17H15ClN2O2. The molecule has 1 aliphatic carbocycles. The van der Waals surface area contributed by atoms with Crippen molar-refractivity contribution in [3.8, 4) is 5.75 Å². The smallest absolute Gasteiger partial charge is 0.258 e. The van der Waals surface area contributed by atoms with Gasteiger partial charge in [0.25, 0.3) is 5.91 Å². The van der Waals surface area contributed by atoms with Crippen molar-refractivity contribution in [1.29, 1.82) is 0 Å². The zero-order valence-electron chi connectivity index (χ0n) is 11.8. The number of halogens is 1. The highest BCUT2D eigenvalue weighted by molar-refractivity contribution is 6.30. The molecule has 1 fully saturated rings. The first-order chi connectivity index (χ1) is 10.6. The third kappa shape index (κ3) is 2.11. The highest BCUT2D eigenvalue weighted by Gasteiger charge is 2.42. The molecule has 0 saturated heterocycles. The number of rotatable bonds is 2. The molecule has 2 aromatic carbocycles. The van der Waals surface area contributed by atoms with Gasteiger partial charge in [-0.1, -0.05) is 23.7 Å². The van der Waals surface area contributed by atoms with Crippen molar-refractivity contribution in [3.05, 3.63) is 58.6 Å². The number of fused-ring (bicyclic) bond motifs is 1. The van der Waals surface area contributed by atoms with E-state index >= 15 is 0 Å². The Bertz CT molecular complexity index is 758. The number of phenols is 1. The number of hydrogen-bond donors (Lipinski definition) is 2. The molecule has 112 valence electrons. The van der Waals surface area contributed by atoms with E-state index in [-0.39, 0.29) is 17.7 Å². The number of para-hydroxylation sites is 1. The Balaban J connectivity index is 1.84. The Morgan fingerprint density at radius 3 is 2.73 bits per heavy atom.